The van der Waals surface area contributed by atoms with Crippen LogP contribution in [0, 0.1) is 0 Å². The monoisotopic (exact) mass is 574 g/mol. The Labute approximate surface area is 213 Å². The van der Waals surface area contributed by atoms with Gasteiger partial charge in [0.05, 0.1) is 0 Å². The fraction of sp³-hybridized carbons (Fsp3) is 0.200. The standard InChI is InChI=1S/C30H26N2Se2/c1-3-5-19-7-11-21(12-8-19)29-31-23-15-18-26-28-24(16-17-25(33-29)27(23)28)32-30(34-26)22-13-9-20(6-4-2)10-14-22/h7-18H,3-6H2,1-2H3. The first-order valence-corrected chi connectivity index (χ1v) is 15.5. The van der Waals surface area contributed by atoms with Crippen LogP contribution in [-0.4, -0.2) is 39.1 Å². The van der Waals surface area contributed by atoms with E-state index in [1.165, 1.54) is 64.0 Å². The number of benzene rings is 4. The number of hydrogen-bond acceptors (Lipinski definition) is 2. The molecule has 0 bridgehead atoms. The Bertz CT molecular complexity index is 1340. The molecule has 0 fully saturated rings. The number of aliphatic imine (C=N–C) groups is 2. The van der Waals surface area contributed by atoms with Crippen molar-refractivity contribution in [3.8, 4) is 0 Å². The van der Waals surface area contributed by atoms with Gasteiger partial charge < -0.3 is 0 Å². The Morgan fingerprint density at radius 1 is 0.529 bits per heavy atom. The molecule has 34 heavy (non-hydrogen) atoms. The van der Waals surface area contributed by atoms with Crippen LogP contribution in [0.5, 0.6) is 0 Å². The predicted molar refractivity (Wildman–Crippen MR) is 148 cm³/mol. The number of hydrogen-bond donors (Lipinski definition) is 0. The summed E-state index contributed by atoms with van der Waals surface area (Å²) in [5.41, 5.74) is 7.55. The van der Waals surface area contributed by atoms with Gasteiger partial charge in [0.1, 0.15) is 0 Å². The summed E-state index contributed by atoms with van der Waals surface area (Å²) in [5, 5.41) is 2.67. The molecule has 2 aliphatic rings. The van der Waals surface area contributed by atoms with Gasteiger partial charge in [-0.15, -0.1) is 0 Å². The summed E-state index contributed by atoms with van der Waals surface area (Å²) in [5.74, 6) is 0. The topological polar surface area (TPSA) is 24.7 Å². The fourth-order valence-electron chi connectivity index (χ4n) is 4.68. The fourth-order valence-corrected chi connectivity index (χ4v) is 9.09. The van der Waals surface area contributed by atoms with Crippen molar-refractivity contribution in [3.05, 3.63) is 95.1 Å². The van der Waals surface area contributed by atoms with Crippen molar-refractivity contribution in [1.82, 2.24) is 0 Å². The molecule has 0 atom stereocenters. The van der Waals surface area contributed by atoms with Crippen molar-refractivity contribution in [2.75, 3.05) is 0 Å². The molecule has 2 nitrogen and oxygen atoms in total. The zero-order chi connectivity index (χ0) is 23.1. The van der Waals surface area contributed by atoms with Gasteiger partial charge in [0, 0.05) is 0 Å². The Kier molecular flexibility index (Phi) is 6.01. The summed E-state index contributed by atoms with van der Waals surface area (Å²) in [6.07, 6.45) is 4.64. The summed E-state index contributed by atoms with van der Waals surface area (Å²) in [7, 11) is 0. The van der Waals surface area contributed by atoms with Crippen molar-refractivity contribution in [3.63, 3.8) is 0 Å². The zero-order valence-corrected chi connectivity index (χ0v) is 22.9. The van der Waals surface area contributed by atoms with Gasteiger partial charge in [-0.1, -0.05) is 0 Å². The molecule has 0 spiro atoms. The zero-order valence-electron chi connectivity index (χ0n) is 19.5. The van der Waals surface area contributed by atoms with E-state index in [1.807, 2.05) is 0 Å². The van der Waals surface area contributed by atoms with Crippen LogP contribution in [0.15, 0.2) is 82.8 Å². The van der Waals surface area contributed by atoms with Crippen molar-refractivity contribution >= 4 is 70.2 Å². The Morgan fingerprint density at radius 2 is 0.941 bits per heavy atom. The molecule has 0 unspecified atom stereocenters. The van der Waals surface area contributed by atoms with Gasteiger partial charge in [0.15, 0.2) is 0 Å². The van der Waals surface area contributed by atoms with Gasteiger partial charge in [0.25, 0.3) is 0 Å². The molecule has 4 heteroatoms. The van der Waals surface area contributed by atoms with Crippen LogP contribution in [0.1, 0.15) is 48.9 Å². The van der Waals surface area contributed by atoms with E-state index >= 15 is 0 Å². The molecule has 168 valence electrons. The third-order valence-corrected chi connectivity index (χ3v) is 10.9. The number of nitrogens with zero attached hydrogens (tertiary/aromatic N) is 2. The molecule has 4 aromatic rings. The minimum absolute atomic E-state index is 0.197. The molecule has 2 heterocycles. The second-order valence-electron chi connectivity index (χ2n) is 8.85. The number of rotatable bonds is 6. The molecule has 0 amide bonds. The Balaban J connectivity index is 1.38. The molecule has 4 aromatic carbocycles. The van der Waals surface area contributed by atoms with Crippen LogP contribution in [0.2, 0.25) is 0 Å². The molecule has 0 aromatic heterocycles. The third-order valence-electron chi connectivity index (χ3n) is 6.38. The second kappa shape index (κ2) is 9.28. The first kappa shape index (κ1) is 22.0. The Morgan fingerprint density at radius 3 is 1.32 bits per heavy atom. The van der Waals surface area contributed by atoms with E-state index in [1.54, 1.807) is 0 Å². The van der Waals surface area contributed by atoms with E-state index in [9.17, 15) is 0 Å². The van der Waals surface area contributed by atoms with Crippen molar-refractivity contribution in [1.29, 1.82) is 0 Å². The summed E-state index contributed by atoms with van der Waals surface area (Å²) in [6, 6.07) is 27.2. The normalized spacial score (nSPS) is 14.2. The van der Waals surface area contributed by atoms with E-state index in [4.69, 9.17) is 9.98 Å². The molecule has 6 rings (SSSR count). The van der Waals surface area contributed by atoms with Gasteiger partial charge >= 0.3 is 215 Å². The van der Waals surface area contributed by atoms with Crippen LogP contribution in [0.3, 0.4) is 0 Å². The average molecular weight is 572 g/mol. The Hall–Kier alpha value is -2.48. The van der Waals surface area contributed by atoms with Crippen molar-refractivity contribution in [2.45, 2.75) is 39.5 Å². The maximum absolute atomic E-state index is 5.16. The van der Waals surface area contributed by atoms with Gasteiger partial charge in [-0.05, 0) is 0 Å². The van der Waals surface area contributed by atoms with E-state index in [-0.39, 0.29) is 29.9 Å². The molecule has 0 aliphatic carbocycles. The first-order chi connectivity index (χ1) is 16.7. The van der Waals surface area contributed by atoms with Crippen LogP contribution < -0.4 is 8.92 Å². The van der Waals surface area contributed by atoms with Crippen LogP contribution in [-0.2, 0) is 12.8 Å². The van der Waals surface area contributed by atoms with Crippen molar-refractivity contribution < 1.29 is 0 Å². The molecule has 2 aliphatic heterocycles. The van der Waals surface area contributed by atoms with Crippen LogP contribution >= 0.6 is 0 Å². The van der Waals surface area contributed by atoms with E-state index in [0.717, 1.165) is 24.2 Å². The molecule has 0 radical (unpaired) electrons. The third kappa shape index (κ3) is 4.00. The van der Waals surface area contributed by atoms with Crippen LogP contribution in [0.4, 0.5) is 11.4 Å². The van der Waals surface area contributed by atoms with Gasteiger partial charge in [-0.25, -0.2) is 0 Å². The van der Waals surface area contributed by atoms with E-state index < -0.39 is 0 Å². The first-order valence-electron chi connectivity index (χ1n) is 12.0. The van der Waals surface area contributed by atoms with Gasteiger partial charge in [0.2, 0.25) is 0 Å². The number of aryl methyl sites for hydroxylation is 2. The van der Waals surface area contributed by atoms with E-state index in [0.29, 0.717) is 0 Å². The molecular formula is C30H26N2Se2. The van der Waals surface area contributed by atoms with Gasteiger partial charge in [-0.2, -0.15) is 0 Å². The summed E-state index contributed by atoms with van der Waals surface area (Å²) in [4.78, 5) is 10.3. The minimum atomic E-state index is 0.197. The summed E-state index contributed by atoms with van der Waals surface area (Å²) >= 11 is 0.394. The molecule has 0 saturated heterocycles. The molecular weight excluding hydrogens is 546 g/mol. The predicted octanol–water partition coefficient (Wildman–Crippen LogP) is 5.59. The maximum atomic E-state index is 5.16. The van der Waals surface area contributed by atoms with Gasteiger partial charge in [-0.3, -0.25) is 0 Å². The average Bonchev–Trinajstić information content (AvgIpc) is 2.88. The molecule has 0 saturated carbocycles. The van der Waals surface area contributed by atoms with Crippen LogP contribution in [0.25, 0.3) is 10.8 Å². The molecule has 0 N–H and O–H groups in total. The van der Waals surface area contributed by atoms with Crippen molar-refractivity contribution in [2.24, 2.45) is 9.98 Å². The SMILES string of the molecule is CCCc1ccc(C2=Nc3ccc4c5c(ccc(c35)[Se]2)N=C(c2ccc(CCC)cc2)[Se]4)cc1. The summed E-state index contributed by atoms with van der Waals surface area (Å²) < 4.78 is 5.32. The summed E-state index contributed by atoms with van der Waals surface area (Å²) in [6.45, 7) is 4.46. The quantitative estimate of drug-likeness (QED) is 0.270. The second-order valence-corrected chi connectivity index (χ2v) is 13.2. The van der Waals surface area contributed by atoms with E-state index in [2.05, 4.69) is 86.6 Å².